The maximum atomic E-state index is 6.32. The first-order chi connectivity index (χ1) is 8.22. The van der Waals surface area contributed by atoms with Crippen molar-refractivity contribution in [2.24, 2.45) is 0 Å². The molecule has 1 fully saturated rings. The Labute approximate surface area is 109 Å². The number of benzene rings is 1. The third-order valence-electron chi connectivity index (χ3n) is 3.63. The van der Waals surface area contributed by atoms with Crippen molar-refractivity contribution in [2.75, 3.05) is 17.2 Å². The van der Waals surface area contributed by atoms with E-state index in [1.165, 1.54) is 32.1 Å². The zero-order chi connectivity index (χ0) is 12.3. The minimum Gasteiger partial charge on any atom is -0.399 e. The minimum atomic E-state index is 0.624. The van der Waals surface area contributed by atoms with Gasteiger partial charge in [-0.2, -0.15) is 0 Å². The minimum absolute atomic E-state index is 0.624. The van der Waals surface area contributed by atoms with Crippen molar-refractivity contribution in [2.45, 2.75) is 45.1 Å². The Morgan fingerprint density at radius 3 is 2.88 bits per heavy atom. The van der Waals surface area contributed by atoms with Crippen LogP contribution in [0.2, 0.25) is 5.02 Å². The van der Waals surface area contributed by atoms with E-state index >= 15 is 0 Å². The SMILES string of the molecule is CCC1CCCCCN1c1ccc(N)cc1Cl. The lowest BCUT2D eigenvalue weighted by atomic mass is 10.1. The highest BCUT2D eigenvalue weighted by Gasteiger charge is 2.21. The van der Waals surface area contributed by atoms with Gasteiger partial charge >= 0.3 is 0 Å². The maximum absolute atomic E-state index is 6.32. The van der Waals surface area contributed by atoms with E-state index in [4.69, 9.17) is 17.3 Å². The number of rotatable bonds is 2. The molecule has 1 saturated heterocycles. The van der Waals surface area contributed by atoms with Gasteiger partial charge in [-0.25, -0.2) is 0 Å². The van der Waals surface area contributed by atoms with Crippen molar-refractivity contribution in [1.29, 1.82) is 0 Å². The van der Waals surface area contributed by atoms with E-state index in [1.807, 2.05) is 12.1 Å². The summed E-state index contributed by atoms with van der Waals surface area (Å²) in [5.41, 5.74) is 7.64. The second kappa shape index (κ2) is 5.63. The molecule has 0 aromatic heterocycles. The molecule has 1 aromatic rings. The van der Waals surface area contributed by atoms with Crippen molar-refractivity contribution in [3.8, 4) is 0 Å². The molecule has 1 aliphatic rings. The first-order valence-corrected chi connectivity index (χ1v) is 6.92. The van der Waals surface area contributed by atoms with Gasteiger partial charge in [-0.1, -0.05) is 31.4 Å². The molecule has 2 rings (SSSR count). The Morgan fingerprint density at radius 1 is 1.35 bits per heavy atom. The molecule has 0 aliphatic carbocycles. The topological polar surface area (TPSA) is 29.3 Å². The average molecular weight is 253 g/mol. The van der Waals surface area contributed by atoms with Crippen LogP contribution in [0, 0.1) is 0 Å². The zero-order valence-corrected chi connectivity index (χ0v) is 11.2. The summed E-state index contributed by atoms with van der Waals surface area (Å²) in [6.07, 6.45) is 6.39. The quantitative estimate of drug-likeness (QED) is 0.804. The van der Waals surface area contributed by atoms with Gasteiger partial charge in [0.15, 0.2) is 0 Å². The van der Waals surface area contributed by atoms with Gasteiger partial charge in [0.1, 0.15) is 0 Å². The Balaban J connectivity index is 2.28. The van der Waals surface area contributed by atoms with Crippen molar-refractivity contribution in [3.63, 3.8) is 0 Å². The highest BCUT2D eigenvalue weighted by molar-refractivity contribution is 6.33. The predicted octanol–water partition coefficient (Wildman–Crippen LogP) is 4.08. The van der Waals surface area contributed by atoms with Crippen LogP contribution in [-0.4, -0.2) is 12.6 Å². The number of anilines is 2. The van der Waals surface area contributed by atoms with Gasteiger partial charge in [0.2, 0.25) is 0 Å². The van der Waals surface area contributed by atoms with Crippen molar-refractivity contribution in [1.82, 2.24) is 0 Å². The Bertz CT molecular complexity index is 378. The average Bonchev–Trinajstić information content (AvgIpc) is 2.54. The van der Waals surface area contributed by atoms with Gasteiger partial charge in [0.25, 0.3) is 0 Å². The van der Waals surface area contributed by atoms with Crippen LogP contribution in [0.4, 0.5) is 11.4 Å². The second-order valence-electron chi connectivity index (χ2n) is 4.82. The van der Waals surface area contributed by atoms with Crippen LogP contribution in [0.1, 0.15) is 39.0 Å². The van der Waals surface area contributed by atoms with Gasteiger partial charge in [-0.15, -0.1) is 0 Å². The molecule has 0 spiro atoms. The zero-order valence-electron chi connectivity index (χ0n) is 10.5. The van der Waals surface area contributed by atoms with Crippen molar-refractivity contribution < 1.29 is 0 Å². The van der Waals surface area contributed by atoms with Crippen LogP contribution in [0.15, 0.2) is 18.2 Å². The van der Waals surface area contributed by atoms with E-state index in [0.717, 1.165) is 22.9 Å². The smallest absolute Gasteiger partial charge is 0.0660 e. The molecule has 2 nitrogen and oxygen atoms in total. The molecular weight excluding hydrogens is 232 g/mol. The fourth-order valence-electron chi connectivity index (χ4n) is 2.68. The van der Waals surface area contributed by atoms with E-state index in [2.05, 4.69) is 17.9 Å². The second-order valence-corrected chi connectivity index (χ2v) is 5.22. The molecule has 1 aliphatic heterocycles. The number of nitrogen functional groups attached to an aromatic ring is 1. The van der Waals surface area contributed by atoms with Crippen molar-refractivity contribution in [3.05, 3.63) is 23.2 Å². The molecule has 0 bridgehead atoms. The van der Waals surface area contributed by atoms with Gasteiger partial charge < -0.3 is 10.6 Å². The molecule has 0 amide bonds. The first-order valence-electron chi connectivity index (χ1n) is 6.54. The summed E-state index contributed by atoms with van der Waals surface area (Å²) in [5, 5.41) is 0.783. The van der Waals surface area contributed by atoms with Crippen LogP contribution in [0.5, 0.6) is 0 Å². The number of hydrogen-bond donors (Lipinski definition) is 1. The molecule has 0 radical (unpaired) electrons. The van der Waals surface area contributed by atoms with Crippen molar-refractivity contribution >= 4 is 23.0 Å². The summed E-state index contributed by atoms with van der Waals surface area (Å²) >= 11 is 6.32. The Kier molecular flexibility index (Phi) is 4.16. The van der Waals surface area contributed by atoms with Crippen LogP contribution >= 0.6 is 11.6 Å². The summed E-state index contributed by atoms with van der Waals surface area (Å²) in [6, 6.07) is 6.48. The summed E-state index contributed by atoms with van der Waals surface area (Å²) in [6.45, 7) is 3.37. The summed E-state index contributed by atoms with van der Waals surface area (Å²) in [5.74, 6) is 0. The normalized spacial score (nSPS) is 21.3. The first kappa shape index (κ1) is 12.6. The molecule has 0 saturated carbocycles. The third kappa shape index (κ3) is 2.86. The van der Waals surface area contributed by atoms with E-state index in [0.29, 0.717) is 6.04 Å². The molecule has 2 N–H and O–H groups in total. The largest absolute Gasteiger partial charge is 0.399 e. The fraction of sp³-hybridized carbons (Fsp3) is 0.571. The standard InChI is InChI=1S/C14H21ClN2/c1-2-12-6-4-3-5-9-17(12)14-8-7-11(16)10-13(14)15/h7-8,10,12H,2-6,9,16H2,1H3. The van der Waals surface area contributed by atoms with E-state index < -0.39 is 0 Å². The van der Waals surface area contributed by atoms with Gasteiger partial charge in [-0.05, 0) is 37.5 Å². The summed E-state index contributed by atoms with van der Waals surface area (Å²) in [4.78, 5) is 2.47. The van der Waals surface area contributed by atoms with Gasteiger partial charge in [0, 0.05) is 18.3 Å². The molecule has 3 heteroatoms. The predicted molar refractivity (Wildman–Crippen MR) is 75.8 cm³/mol. The highest BCUT2D eigenvalue weighted by atomic mass is 35.5. The molecule has 94 valence electrons. The molecule has 1 aromatic carbocycles. The lowest BCUT2D eigenvalue weighted by Crippen LogP contribution is -2.34. The monoisotopic (exact) mass is 252 g/mol. The molecule has 1 atom stereocenters. The van der Waals surface area contributed by atoms with Crippen LogP contribution in [-0.2, 0) is 0 Å². The lowest BCUT2D eigenvalue weighted by molar-refractivity contribution is 0.556. The van der Waals surface area contributed by atoms with E-state index in [-0.39, 0.29) is 0 Å². The van der Waals surface area contributed by atoms with Gasteiger partial charge in [0.05, 0.1) is 10.7 Å². The number of halogens is 1. The molecule has 1 heterocycles. The number of nitrogens with two attached hydrogens (primary N) is 1. The van der Waals surface area contributed by atoms with E-state index in [1.54, 1.807) is 0 Å². The summed E-state index contributed by atoms with van der Waals surface area (Å²) < 4.78 is 0. The van der Waals surface area contributed by atoms with Gasteiger partial charge in [-0.3, -0.25) is 0 Å². The van der Waals surface area contributed by atoms with E-state index in [9.17, 15) is 0 Å². The third-order valence-corrected chi connectivity index (χ3v) is 3.93. The number of hydrogen-bond acceptors (Lipinski definition) is 2. The Morgan fingerprint density at radius 2 is 2.18 bits per heavy atom. The highest BCUT2D eigenvalue weighted by Crippen LogP contribution is 2.32. The fourth-order valence-corrected chi connectivity index (χ4v) is 2.97. The molecule has 1 unspecified atom stereocenters. The summed E-state index contributed by atoms with van der Waals surface area (Å²) in [7, 11) is 0. The molecule has 17 heavy (non-hydrogen) atoms. The van der Waals surface area contributed by atoms with Crippen LogP contribution in [0.3, 0.4) is 0 Å². The van der Waals surface area contributed by atoms with Crippen LogP contribution < -0.4 is 10.6 Å². The molecular formula is C14H21ClN2. The maximum Gasteiger partial charge on any atom is 0.0660 e. The Hall–Kier alpha value is -0.890. The lowest BCUT2D eigenvalue weighted by Gasteiger charge is -2.32. The number of nitrogens with zero attached hydrogens (tertiary/aromatic N) is 1. The van der Waals surface area contributed by atoms with Crippen LogP contribution in [0.25, 0.3) is 0 Å².